The van der Waals surface area contributed by atoms with E-state index in [-0.39, 0.29) is 5.69 Å². The highest BCUT2D eigenvalue weighted by molar-refractivity contribution is 8.00. The average molecular weight is 306 g/mol. The fraction of sp³-hybridized carbons (Fsp3) is 0.385. The number of nitrogens with two attached hydrogens (primary N) is 1. The van der Waals surface area contributed by atoms with Crippen molar-refractivity contribution in [3.05, 3.63) is 18.0 Å². The number of amides is 1. The zero-order valence-electron chi connectivity index (χ0n) is 11.0. The topological polar surface area (TPSA) is 104 Å². The van der Waals surface area contributed by atoms with Gasteiger partial charge in [-0.2, -0.15) is 10.5 Å². The van der Waals surface area contributed by atoms with Crippen LogP contribution in [0.1, 0.15) is 23.8 Å². The molecule has 0 radical (unpaired) electrons. The van der Waals surface area contributed by atoms with Crippen LogP contribution in [0.3, 0.4) is 0 Å². The first-order chi connectivity index (χ1) is 9.62. The molecular weight excluding hydrogens is 292 g/mol. The number of pyridine rings is 1. The van der Waals surface area contributed by atoms with Crippen LogP contribution in [0, 0.1) is 28.6 Å². The second-order valence-corrected chi connectivity index (χ2v) is 6.24. The highest BCUT2D eigenvalue weighted by Gasteiger charge is 2.12. The molecule has 0 fully saturated rings. The van der Waals surface area contributed by atoms with Crippen LogP contribution < -0.4 is 5.73 Å². The molecule has 1 aromatic rings. The van der Waals surface area contributed by atoms with Crippen molar-refractivity contribution in [2.75, 3.05) is 11.5 Å². The van der Waals surface area contributed by atoms with Crippen LogP contribution in [0.15, 0.2) is 22.1 Å². The standard InChI is InChI=1S/C13H14N4OS2/c1-2-19-11-5-10(8-17-12(11)13(16)18)20-4-3-9(6-14)7-15/h5,8-9H,2-4H2,1H3,(H2,16,18). The first-order valence-electron chi connectivity index (χ1n) is 5.97. The smallest absolute Gasteiger partial charge is 0.268 e. The molecule has 0 unspecified atom stereocenters. The molecule has 0 bridgehead atoms. The summed E-state index contributed by atoms with van der Waals surface area (Å²) in [7, 11) is 0. The Balaban J connectivity index is 2.73. The second-order valence-electron chi connectivity index (χ2n) is 3.76. The summed E-state index contributed by atoms with van der Waals surface area (Å²) in [6.07, 6.45) is 2.10. The molecule has 0 saturated carbocycles. The summed E-state index contributed by atoms with van der Waals surface area (Å²) >= 11 is 3.02. The maximum Gasteiger partial charge on any atom is 0.268 e. The van der Waals surface area contributed by atoms with Gasteiger partial charge in [0, 0.05) is 21.7 Å². The maximum atomic E-state index is 11.3. The summed E-state index contributed by atoms with van der Waals surface area (Å²) in [5.41, 5.74) is 5.56. The number of rotatable bonds is 7. The summed E-state index contributed by atoms with van der Waals surface area (Å²) in [5, 5.41) is 17.4. The van der Waals surface area contributed by atoms with Crippen molar-refractivity contribution in [1.29, 1.82) is 10.5 Å². The first-order valence-corrected chi connectivity index (χ1v) is 7.94. The van der Waals surface area contributed by atoms with Gasteiger partial charge in [0.25, 0.3) is 5.91 Å². The molecule has 0 saturated heterocycles. The third-order valence-corrected chi connectivity index (χ3v) is 4.26. The zero-order valence-corrected chi connectivity index (χ0v) is 12.6. The predicted molar refractivity (Wildman–Crippen MR) is 79.2 cm³/mol. The molecule has 7 heteroatoms. The molecule has 104 valence electrons. The number of hydrogen-bond acceptors (Lipinski definition) is 6. The van der Waals surface area contributed by atoms with E-state index >= 15 is 0 Å². The highest BCUT2D eigenvalue weighted by Crippen LogP contribution is 2.27. The van der Waals surface area contributed by atoms with E-state index in [2.05, 4.69) is 4.98 Å². The summed E-state index contributed by atoms with van der Waals surface area (Å²) in [6.45, 7) is 1.99. The molecule has 0 aliphatic carbocycles. The van der Waals surface area contributed by atoms with Crippen molar-refractivity contribution in [2.24, 2.45) is 11.7 Å². The van der Waals surface area contributed by atoms with Crippen LogP contribution in [-0.4, -0.2) is 22.4 Å². The van der Waals surface area contributed by atoms with Crippen molar-refractivity contribution in [3.63, 3.8) is 0 Å². The average Bonchev–Trinajstić information content (AvgIpc) is 2.44. The van der Waals surface area contributed by atoms with Gasteiger partial charge in [-0.25, -0.2) is 4.98 Å². The molecule has 0 atom stereocenters. The lowest BCUT2D eigenvalue weighted by Crippen LogP contribution is -2.14. The van der Waals surface area contributed by atoms with E-state index in [9.17, 15) is 4.79 Å². The van der Waals surface area contributed by atoms with E-state index in [0.29, 0.717) is 12.2 Å². The maximum absolute atomic E-state index is 11.3. The molecule has 1 heterocycles. The van der Waals surface area contributed by atoms with Gasteiger partial charge in [-0.1, -0.05) is 6.92 Å². The lowest BCUT2D eigenvalue weighted by molar-refractivity contribution is 0.0992. The van der Waals surface area contributed by atoms with E-state index in [1.807, 2.05) is 25.1 Å². The summed E-state index contributed by atoms with van der Waals surface area (Å²) < 4.78 is 0. The van der Waals surface area contributed by atoms with Crippen molar-refractivity contribution in [1.82, 2.24) is 4.98 Å². The minimum Gasteiger partial charge on any atom is -0.364 e. The van der Waals surface area contributed by atoms with Gasteiger partial charge in [0.2, 0.25) is 0 Å². The Morgan fingerprint density at radius 1 is 1.45 bits per heavy atom. The van der Waals surface area contributed by atoms with Crippen LogP contribution >= 0.6 is 23.5 Å². The normalized spacial score (nSPS) is 10.0. The molecule has 1 amide bonds. The number of thioether (sulfide) groups is 2. The lowest BCUT2D eigenvalue weighted by Gasteiger charge is -2.07. The van der Waals surface area contributed by atoms with Crippen molar-refractivity contribution in [3.8, 4) is 12.1 Å². The molecule has 5 nitrogen and oxygen atoms in total. The van der Waals surface area contributed by atoms with Crippen LogP contribution in [-0.2, 0) is 0 Å². The molecule has 20 heavy (non-hydrogen) atoms. The fourth-order valence-electron chi connectivity index (χ4n) is 1.41. The molecule has 0 aliphatic rings. The Labute approximate surface area is 126 Å². The number of primary amides is 1. The Bertz CT molecular complexity index is 548. The van der Waals surface area contributed by atoms with Gasteiger partial charge in [-0.15, -0.1) is 23.5 Å². The molecule has 0 aromatic carbocycles. The number of nitrogens with zero attached hydrogens (tertiary/aromatic N) is 3. The van der Waals surface area contributed by atoms with Gasteiger partial charge in [0.1, 0.15) is 11.6 Å². The van der Waals surface area contributed by atoms with Gasteiger partial charge in [0.15, 0.2) is 0 Å². The minimum atomic E-state index is -0.579. The highest BCUT2D eigenvalue weighted by atomic mass is 32.2. The number of nitriles is 2. The Morgan fingerprint density at radius 2 is 2.15 bits per heavy atom. The summed E-state index contributed by atoms with van der Waals surface area (Å²) in [6, 6.07) is 5.75. The monoisotopic (exact) mass is 306 g/mol. The second kappa shape index (κ2) is 8.47. The molecule has 0 aliphatic heterocycles. The van der Waals surface area contributed by atoms with E-state index in [4.69, 9.17) is 16.3 Å². The third kappa shape index (κ3) is 4.76. The van der Waals surface area contributed by atoms with Gasteiger partial charge in [0.05, 0.1) is 12.1 Å². The van der Waals surface area contributed by atoms with Crippen molar-refractivity contribution in [2.45, 2.75) is 23.1 Å². The summed E-state index contributed by atoms with van der Waals surface area (Å²) in [4.78, 5) is 17.0. The molecule has 1 aromatic heterocycles. The minimum absolute atomic E-state index is 0.285. The zero-order chi connectivity index (χ0) is 15.0. The van der Waals surface area contributed by atoms with Crippen molar-refractivity contribution < 1.29 is 4.79 Å². The molecule has 1 rings (SSSR count). The van der Waals surface area contributed by atoms with Crippen LogP contribution in [0.2, 0.25) is 0 Å². The quantitative estimate of drug-likeness (QED) is 0.776. The Morgan fingerprint density at radius 3 is 2.70 bits per heavy atom. The van der Waals surface area contributed by atoms with Crippen molar-refractivity contribution >= 4 is 29.4 Å². The van der Waals surface area contributed by atoms with E-state index in [1.54, 1.807) is 6.20 Å². The van der Waals surface area contributed by atoms with Gasteiger partial charge < -0.3 is 5.73 Å². The van der Waals surface area contributed by atoms with Gasteiger partial charge >= 0.3 is 0 Å². The van der Waals surface area contributed by atoms with Gasteiger partial charge in [-0.05, 0) is 18.2 Å². The Hall–Kier alpha value is -1.70. The van der Waals surface area contributed by atoms with E-state index in [1.165, 1.54) is 23.5 Å². The van der Waals surface area contributed by atoms with Crippen LogP contribution in [0.5, 0.6) is 0 Å². The first kappa shape index (κ1) is 16.4. The van der Waals surface area contributed by atoms with E-state index in [0.717, 1.165) is 15.5 Å². The molecule has 0 spiro atoms. The Kier molecular flexibility index (Phi) is 6.92. The number of hydrogen-bond donors (Lipinski definition) is 1. The largest absolute Gasteiger partial charge is 0.364 e. The number of carbonyl (C=O) groups is 1. The number of carbonyl (C=O) groups excluding carboxylic acids is 1. The SMILES string of the molecule is CCSc1cc(SCCC(C#N)C#N)cnc1C(N)=O. The molecular formula is C13H14N4OS2. The molecule has 2 N–H and O–H groups in total. The lowest BCUT2D eigenvalue weighted by atomic mass is 10.1. The summed E-state index contributed by atoms with van der Waals surface area (Å²) in [5.74, 6) is 0.358. The van der Waals surface area contributed by atoms with E-state index < -0.39 is 11.8 Å². The van der Waals surface area contributed by atoms with Crippen LogP contribution in [0.4, 0.5) is 0 Å². The number of aromatic nitrogens is 1. The van der Waals surface area contributed by atoms with Crippen LogP contribution in [0.25, 0.3) is 0 Å². The fourth-order valence-corrected chi connectivity index (χ4v) is 3.21. The third-order valence-electron chi connectivity index (χ3n) is 2.35. The van der Waals surface area contributed by atoms with Gasteiger partial charge in [-0.3, -0.25) is 4.79 Å². The predicted octanol–water partition coefficient (Wildman–Crippen LogP) is 2.44.